The van der Waals surface area contributed by atoms with Crippen LogP contribution < -0.4 is 10.2 Å². The van der Waals surface area contributed by atoms with Crippen LogP contribution in [0.4, 0.5) is 11.4 Å². The average Bonchev–Trinajstić information content (AvgIpc) is 3.38. The number of hydrogen-bond acceptors (Lipinski definition) is 4. The normalized spacial score (nSPS) is 14.0. The molecule has 0 unspecified atom stereocenters. The Morgan fingerprint density at radius 2 is 2.19 bits per heavy atom. The summed E-state index contributed by atoms with van der Waals surface area (Å²) in [6.07, 6.45) is 5.00. The molecule has 2 aromatic heterocycles. The maximum absolute atomic E-state index is 12.4. The molecule has 0 saturated carbocycles. The van der Waals surface area contributed by atoms with Crippen molar-refractivity contribution in [1.29, 1.82) is 0 Å². The number of aryl methyl sites for hydroxylation is 1. The summed E-state index contributed by atoms with van der Waals surface area (Å²) >= 11 is 0. The Hall–Kier alpha value is -3.35. The van der Waals surface area contributed by atoms with Crippen molar-refractivity contribution in [2.75, 3.05) is 16.8 Å². The van der Waals surface area contributed by atoms with E-state index in [1.54, 1.807) is 34.0 Å². The highest BCUT2D eigenvalue weighted by molar-refractivity contribution is 6.02. The van der Waals surface area contributed by atoms with Gasteiger partial charge in [-0.1, -0.05) is 0 Å². The molecule has 0 radical (unpaired) electrons. The van der Waals surface area contributed by atoms with Crippen LogP contribution in [0, 0.1) is 6.92 Å². The Morgan fingerprint density at radius 1 is 1.30 bits per heavy atom. The van der Waals surface area contributed by atoms with E-state index < -0.39 is 0 Å². The second-order valence-corrected chi connectivity index (χ2v) is 6.57. The fourth-order valence-electron chi connectivity index (χ4n) is 3.27. The Kier molecular flexibility index (Phi) is 4.50. The molecule has 1 aliphatic heterocycles. The molecule has 7 nitrogen and oxygen atoms in total. The summed E-state index contributed by atoms with van der Waals surface area (Å²) < 4.78 is 7.34. The van der Waals surface area contributed by atoms with Crippen LogP contribution in [0.5, 0.6) is 0 Å². The quantitative estimate of drug-likeness (QED) is 0.754. The minimum Gasteiger partial charge on any atom is -0.454 e. The van der Waals surface area contributed by atoms with Crippen molar-refractivity contribution in [2.24, 2.45) is 0 Å². The summed E-state index contributed by atoms with van der Waals surface area (Å²) in [5, 5.41) is 6.96. The summed E-state index contributed by atoms with van der Waals surface area (Å²) in [4.78, 5) is 26.2. The molecule has 0 aliphatic carbocycles. The van der Waals surface area contributed by atoms with E-state index in [1.807, 2.05) is 31.3 Å². The summed E-state index contributed by atoms with van der Waals surface area (Å²) in [5.41, 5.74) is 2.51. The van der Waals surface area contributed by atoms with Gasteiger partial charge in [0, 0.05) is 36.7 Å². The topological polar surface area (TPSA) is 80.4 Å². The monoisotopic (exact) mass is 364 g/mol. The summed E-state index contributed by atoms with van der Waals surface area (Å²) in [7, 11) is 0. The minimum absolute atomic E-state index is 0.148. The van der Waals surface area contributed by atoms with Crippen LogP contribution >= 0.6 is 0 Å². The van der Waals surface area contributed by atoms with E-state index in [4.69, 9.17) is 4.42 Å². The maximum Gasteiger partial charge on any atom is 0.291 e. The molecular weight excluding hydrogens is 344 g/mol. The minimum atomic E-state index is -0.314. The van der Waals surface area contributed by atoms with Crippen molar-refractivity contribution in [3.05, 3.63) is 65.9 Å². The first-order valence-corrected chi connectivity index (χ1v) is 8.89. The molecule has 7 heteroatoms. The van der Waals surface area contributed by atoms with Crippen molar-refractivity contribution < 1.29 is 14.0 Å². The number of hydrogen-bond donors (Lipinski definition) is 1. The third-order valence-electron chi connectivity index (χ3n) is 4.58. The molecule has 1 aromatic carbocycles. The highest BCUT2D eigenvalue weighted by Crippen LogP contribution is 2.27. The Labute approximate surface area is 156 Å². The summed E-state index contributed by atoms with van der Waals surface area (Å²) in [5.74, 6) is 0.734. The van der Waals surface area contributed by atoms with Crippen LogP contribution in [0.25, 0.3) is 0 Å². The highest BCUT2D eigenvalue weighted by atomic mass is 16.4. The van der Waals surface area contributed by atoms with Crippen LogP contribution in [-0.4, -0.2) is 28.1 Å². The van der Waals surface area contributed by atoms with Gasteiger partial charge in [-0.05, 0) is 55.3 Å². The zero-order valence-electron chi connectivity index (χ0n) is 15.0. The number of amides is 2. The number of benzene rings is 1. The smallest absolute Gasteiger partial charge is 0.291 e. The van der Waals surface area contributed by atoms with Gasteiger partial charge in [-0.15, -0.1) is 0 Å². The summed E-state index contributed by atoms with van der Waals surface area (Å²) in [6, 6.07) is 10.8. The maximum atomic E-state index is 12.4. The van der Waals surface area contributed by atoms with E-state index in [0.29, 0.717) is 24.4 Å². The largest absolute Gasteiger partial charge is 0.454 e. The molecule has 138 valence electrons. The molecule has 0 bridgehead atoms. The van der Waals surface area contributed by atoms with E-state index in [1.165, 1.54) is 0 Å². The zero-order valence-corrected chi connectivity index (χ0v) is 15.0. The molecular formula is C20H20N4O3. The number of carbonyl (C=O) groups is 2. The fourth-order valence-corrected chi connectivity index (χ4v) is 3.27. The molecule has 27 heavy (non-hydrogen) atoms. The predicted molar refractivity (Wildman–Crippen MR) is 101 cm³/mol. The number of nitrogens with zero attached hydrogens (tertiary/aromatic N) is 3. The number of anilines is 2. The third-order valence-corrected chi connectivity index (χ3v) is 4.58. The van der Waals surface area contributed by atoms with E-state index in [0.717, 1.165) is 24.2 Å². The van der Waals surface area contributed by atoms with Gasteiger partial charge in [0.15, 0.2) is 5.76 Å². The number of rotatable bonds is 5. The highest BCUT2D eigenvalue weighted by Gasteiger charge is 2.23. The van der Waals surface area contributed by atoms with Crippen molar-refractivity contribution >= 4 is 23.2 Å². The molecule has 1 aliphatic rings. The van der Waals surface area contributed by atoms with Crippen LogP contribution in [0.1, 0.15) is 34.7 Å². The van der Waals surface area contributed by atoms with Crippen LogP contribution in [0.2, 0.25) is 0 Å². The lowest BCUT2D eigenvalue weighted by Gasteiger charge is -2.19. The molecule has 0 atom stereocenters. The SMILES string of the molecule is Cc1cc(NC(=O)c2ccc(Cn3cccn3)o2)ccc1N1CCCC1=O. The first-order valence-electron chi connectivity index (χ1n) is 8.89. The Balaban J connectivity index is 1.44. The molecule has 1 saturated heterocycles. The lowest BCUT2D eigenvalue weighted by molar-refractivity contribution is -0.117. The van der Waals surface area contributed by atoms with Gasteiger partial charge in [0.25, 0.3) is 5.91 Å². The van der Waals surface area contributed by atoms with E-state index >= 15 is 0 Å². The number of aromatic nitrogens is 2. The van der Waals surface area contributed by atoms with E-state index in [9.17, 15) is 9.59 Å². The number of nitrogens with one attached hydrogen (secondary N) is 1. The van der Waals surface area contributed by atoms with Gasteiger partial charge in [0.2, 0.25) is 5.91 Å². The Morgan fingerprint density at radius 3 is 2.89 bits per heavy atom. The van der Waals surface area contributed by atoms with Gasteiger partial charge in [-0.25, -0.2) is 0 Å². The molecule has 2 amide bonds. The molecule has 3 heterocycles. The van der Waals surface area contributed by atoms with Gasteiger partial charge >= 0.3 is 0 Å². The lowest BCUT2D eigenvalue weighted by Crippen LogP contribution is -2.24. The standard InChI is InChI=1S/C20H20N4O3/c1-14-12-15(5-7-17(14)24-11-2-4-19(24)25)22-20(26)18-8-6-16(27-18)13-23-10-3-9-21-23/h3,5-10,12H,2,4,11,13H2,1H3,(H,22,26). The van der Waals surface area contributed by atoms with Gasteiger partial charge in [-0.2, -0.15) is 5.10 Å². The van der Waals surface area contributed by atoms with Crippen LogP contribution in [0.3, 0.4) is 0 Å². The van der Waals surface area contributed by atoms with Gasteiger partial charge < -0.3 is 14.6 Å². The lowest BCUT2D eigenvalue weighted by atomic mass is 10.1. The average molecular weight is 364 g/mol. The van der Waals surface area contributed by atoms with Crippen molar-refractivity contribution in [2.45, 2.75) is 26.3 Å². The summed E-state index contributed by atoms with van der Waals surface area (Å²) in [6.45, 7) is 3.15. The van der Waals surface area contributed by atoms with Crippen LogP contribution in [-0.2, 0) is 11.3 Å². The van der Waals surface area contributed by atoms with Crippen LogP contribution in [0.15, 0.2) is 53.2 Å². The van der Waals surface area contributed by atoms with Gasteiger partial charge in [0.05, 0.1) is 6.54 Å². The number of furan rings is 1. The van der Waals surface area contributed by atoms with Crippen molar-refractivity contribution in [3.63, 3.8) is 0 Å². The van der Waals surface area contributed by atoms with E-state index in [2.05, 4.69) is 10.4 Å². The molecule has 1 N–H and O–H groups in total. The molecule has 1 fully saturated rings. The fraction of sp³-hybridized carbons (Fsp3) is 0.250. The van der Waals surface area contributed by atoms with Crippen molar-refractivity contribution in [1.82, 2.24) is 9.78 Å². The second kappa shape index (κ2) is 7.11. The third kappa shape index (κ3) is 3.62. The predicted octanol–water partition coefficient (Wildman–Crippen LogP) is 3.21. The first kappa shape index (κ1) is 17.1. The zero-order chi connectivity index (χ0) is 18.8. The van der Waals surface area contributed by atoms with Gasteiger partial charge in [-0.3, -0.25) is 14.3 Å². The molecule has 0 spiro atoms. The second-order valence-electron chi connectivity index (χ2n) is 6.57. The Bertz CT molecular complexity index is 975. The number of carbonyl (C=O) groups excluding carboxylic acids is 2. The first-order chi connectivity index (χ1) is 13.1. The molecule has 3 aromatic rings. The van der Waals surface area contributed by atoms with E-state index in [-0.39, 0.29) is 17.6 Å². The molecule has 4 rings (SSSR count). The van der Waals surface area contributed by atoms with Crippen molar-refractivity contribution in [3.8, 4) is 0 Å². The van der Waals surface area contributed by atoms with Gasteiger partial charge in [0.1, 0.15) is 5.76 Å².